The van der Waals surface area contributed by atoms with Crippen molar-refractivity contribution in [2.24, 2.45) is 5.73 Å². The zero-order chi connectivity index (χ0) is 15.7. The molecule has 0 unspecified atom stereocenters. The molecule has 1 aliphatic rings. The van der Waals surface area contributed by atoms with Crippen LogP contribution in [0, 0.1) is 0 Å². The molecule has 0 aliphatic carbocycles. The Hall–Kier alpha value is -1.14. The van der Waals surface area contributed by atoms with Crippen molar-refractivity contribution < 1.29 is 23.3 Å². The van der Waals surface area contributed by atoms with Crippen molar-refractivity contribution in [2.75, 3.05) is 14.0 Å². The van der Waals surface area contributed by atoms with E-state index < -0.39 is 25.8 Å². The summed E-state index contributed by atoms with van der Waals surface area (Å²) in [5, 5.41) is 0. The van der Waals surface area contributed by atoms with Crippen molar-refractivity contribution in [3.63, 3.8) is 0 Å². The summed E-state index contributed by atoms with van der Waals surface area (Å²) in [6.07, 6.45) is 0. The second kappa shape index (κ2) is 8.95. The van der Waals surface area contributed by atoms with Crippen molar-refractivity contribution >= 4 is 36.6 Å². The third-order valence-electron chi connectivity index (χ3n) is 1.79. The van der Waals surface area contributed by atoms with Crippen molar-refractivity contribution in [1.29, 1.82) is 0 Å². The Morgan fingerprint density at radius 2 is 1.47 bits per heavy atom. The van der Waals surface area contributed by atoms with Crippen molar-refractivity contribution in [3.8, 4) is 0 Å². The Kier molecular flexibility index (Phi) is 5.18. The molecular formula is C10H16Cl2N2O3. The van der Waals surface area contributed by atoms with Crippen LogP contribution in [0.15, 0.2) is 24.3 Å². The molecule has 1 aliphatic heterocycles. The van der Waals surface area contributed by atoms with Crippen LogP contribution in [0.4, 0.5) is 0 Å². The zero-order valence-electron chi connectivity index (χ0n) is 14.5. The van der Waals surface area contributed by atoms with Gasteiger partial charge in [0, 0.05) is 15.2 Å². The van der Waals surface area contributed by atoms with Crippen molar-refractivity contribution in [1.82, 2.24) is 4.90 Å². The van der Waals surface area contributed by atoms with E-state index in [1.165, 1.54) is 12.1 Å². The van der Waals surface area contributed by atoms with E-state index in [0.717, 1.165) is 0 Å². The lowest BCUT2D eigenvalue weighted by molar-refractivity contribution is 0.0693. The van der Waals surface area contributed by atoms with Gasteiger partial charge in [0.1, 0.15) is 0 Å². The van der Waals surface area contributed by atoms with E-state index >= 15 is 0 Å². The van der Waals surface area contributed by atoms with Gasteiger partial charge in [-0.3, -0.25) is 14.5 Å². The van der Waals surface area contributed by atoms with E-state index in [-0.39, 0.29) is 41.4 Å². The molecule has 0 aromatic heterocycles. The highest BCUT2D eigenvalue weighted by atomic mass is 35.5. The van der Waals surface area contributed by atoms with Gasteiger partial charge in [-0.1, -0.05) is 12.1 Å². The van der Waals surface area contributed by atoms with Gasteiger partial charge in [-0.2, -0.15) is 0 Å². The van der Waals surface area contributed by atoms with Crippen LogP contribution >= 0.6 is 24.8 Å². The average Bonchev–Trinajstić information content (AvgIpc) is 2.49. The Morgan fingerprint density at radius 3 is 1.76 bits per heavy atom. The molecule has 7 heteroatoms. The van der Waals surface area contributed by atoms with Gasteiger partial charge in [0.05, 0.1) is 11.1 Å². The first kappa shape index (κ1) is 9.85. The molecule has 0 bridgehead atoms. The zero-order valence-corrected chi connectivity index (χ0v) is 10.1. The van der Waals surface area contributed by atoms with Crippen LogP contribution in [-0.2, 0) is 0 Å². The monoisotopic (exact) mass is 288 g/mol. The van der Waals surface area contributed by atoms with Gasteiger partial charge >= 0.3 is 0 Å². The van der Waals surface area contributed by atoms with Gasteiger partial charge in [0.2, 0.25) is 0 Å². The number of benzene rings is 1. The molecule has 0 saturated heterocycles. The molecule has 2 amide bonds. The first-order chi connectivity index (χ1) is 8.93. The second-order valence-corrected chi connectivity index (χ2v) is 2.49. The molecule has 98 valence electrons. The number of carbonyl (C=O) groups is 2. The highest BCUT2D eigenvalue weighted by Gasteiger charge is 2.31. The minimum atomic E-state index is -2.72. The summed E-state index contributed by atoms with van der Waals surface area (Å²) in [5.74, 6) is -1.51. The number of hydrogen-bond donors (Lipinski definition) is 1. The molecule has 4 N–H and O–H groups in total. The summed E-state index contributed by atoms with van der Waals surface area (Å²) >= 11 is 0. The number of hydrogen-bond acceptors (Lipinski definition) is 3. The lowest BCUT2D eigenvalue weighted by Gasteiger charge is -2.02. The van der Waals surface area contributed by atoms with Crippen LogP contribution in [0.25, 0.3) is 0 Å². The summed E-state index contributed by atoms with van der Waals surface area (Å²) in [6.45, 7) is -4.97. The number of fused-ring (bicyclic) bond motifs is 1. The van der Waals surface area contributed by atoms with E-state index in [2.05, 4.69) is 5.73 Å². The number of imide groups is 1. The predicted octanol–water partition coefficient (Wildman–Crippen LogP) is 0.506. The minimum Gasteiger partial charge on any atom is -0.412 e. The number of rotatable bonds is 0. The molecule has 1 heterocycles. The molecule has 0 spiro atoms. The number of halogens is 2. The summed E-state index contributed by atoms with van der Waals surface area (Å²) in [6, 6.07) is 6.07. The van der Waals surface area contributed by atoms with Crippen LogP contribution in [0.2, 0.25) is 0 Å². The van der Waals surface area contributed by atoms with E-state index in [9.17, 15) is 9.59 Å². The Labute approximate surface area is 121 Å². The molecule has 0 saturated carbocycles. The van der Waals surface area contributed by atoms with Gasteiger partial charge in [-0.05, 0) is 19.1 Å². The van der Waals surface area contributed by atoms with E-state index in [4.69, 9.17) is 8.22 Å². The number of amides is 2. The molecule has 2 rings (SSSR count). The molecule has 0 atom stereocenters. The fraction of sp³-hybridized carbons (Fsp3) is 0.200. The third-order valence-corrected chi connectivity index (χ3v) is 1.79. The van der Waals surface area contributed by atoms with Crippen LogP contribution in [0.5, 0.6) is 0 Å². The molecule has 17 heavy (non-hydrogen) atoms. The lowest BCUT2D eigenvalue weighted by Crippen LogP contribution is -2.24. The summed E-state index contributed by atoms with van der Waals surface area (Å²) in [5.41, 5.74) is 4.66. The fourth-order valence-electron chi connectivity index (χ4n) is 1.19. The van der Waals surface area contributed by atoms with E-state index in [1.54, 1.807) is 12.1 Å². The van der Waals surface area contributed by atoms with Crippen molar-refractivity contribution in [3.05, 3.63) is 35.4 Å². The number of carbonyl (C=O) groups excluding carboxylic acids is 2. The smallest absolute Gasteiger partial charge is 0.261 e. The minimum absolute atomic E-state index is 0. The normalized spacial score (nSPS) is 17.8. The van der Waals surface area contributed by atoms with E-state index in [0.29, 0.717) is 4.90 Å². The summed E-state index contributed by atoms with van der Waals surface area (Å²) < 4.78 is 39.4. The first-order valence-electron chi connectivity index (χ1n) is 6.70. The maximum atomic E-state index is 11.6. The van der Waals surface area contributed by atoms with Crippen LogP contribution < -0.4 is 5.73 Å². The van der Waals surface area contributed by atoms with E-state index in [1.807, 2.05) is 0 Å². The van der Waals surface area contributed by atoms with Gasteiger partial charge in [-0.15, -0.1) is 24.8 Å². The maximum Gasteiger partial charge on any atom is 0.261 e. The number of nitrogens with zero attached hydrogens (tertiary/aromatic N) is 1. The number of nitrogens with two attached hydrogens (primary N) is 1. The van der Waals surface area contributed by atoms with Gasteiger partial charge in [0.15, 0.2) is 0 Å². The Balaban J connectivity index is -0.000000444. The summed E-state index contributed by atoms with van der Waals surface area (Å²) in [7, 11) is 0. The largest absolute Gasteiger partial charge is 0.412 e. The van der Waals surface area contributed by atoms with Gasteiger partial charge in [0.25, 0.3) is 11.8 Å². The standard InChI is InChI=1S/C9H7NO2.CH5N.2ClH.H2O/c1-10-8(11)6-4-2-3-5-7(6)9(10)12;1-2;;;/h2-5H,1H3;2H2,1H3;2*1H;1H2/i2*1D3;;;. The van der Waals surface area contributed by atoms with Gasteiger partial charge < -0.3 is 11.2 Å². The SMILES string of the molecule is Cl.Cl.O.[2H]C([2H])([2H])N.[2H]C([2H])([2H])N1C(=O)c2ccccc2C1=O. The Morgan fingerprint density at radius 1 is 1.12 bits per heavy atom. The lowest BCUT2D eigenvalue weighted by atomic mass is 10.1. The highest BCUT2D eigenvalue weighted by molar-refractivity contribution is 6.21. The summed E-state index contributed by atoms with van der Waals surface area (Å²) in [4.78, 5) is 23.5. The molecule has 0 fully saturated rings. The average molecular weight is 289 g/mol. The Bertz CT molecular complexity index is 509. The predicted molar refractivity (Wildman–Crippen MR) is 71.1 cm³/mol. The van der Waals surface area contributed by atoms with Crippen LogP contribution in [-0.4, -0.2) is 36.1 Å². The third kappa shape index (κ3) is 3.67. The maximum absolute atomic E-state index is 11.6. The van der Waals surface area contributed by atoms with Crippen molar-refractivity contribution in [2.45, 2.75) is 0 Å². The molecule has 5 nitrogen and oxygen atoms in total. The molecule has 0 radical (unpaired) electrons. The fourth-order valence-corrected chi connectivity index (χ4v) is 1.19. The first-order valence-corrected chi connectivity index (χ1v) is 3.70. The molecule has 1 aromatic carbocycles. The molecular weight excluding hydrogens is 267 g/mol. The highest BCUT2D eigenvalue weighted by Crippen LogP contribution is 2.20. The quantitative estimate of drug-likeness (QED) is 0.705. The second-order valence-electron chi connectivity index (χ2n) is 2.49. The molecule has 1 aromatic rings. The van der Waals surface area contributed by atoms with Crippen LogP contribution in [0.3, 0.4) is 0 Å². The topological polar surface area (TPSA) is 94.9 Å². The van der Waals surface area contributed by atoms with Gasteiger partial charge in [-0.25, -0.2) is 0 Å². The van der Waals surface area contributed by atoms with Crippen LogP contribution in [0.1, 0.15) is 28.9 Å².